The molecule has 4 heterocycles. The van der Waals surface area contributed by atoms with Gasteiger partial charge in [-0.2, -0.15) is 0 Å². The van der Waals surface area contributed by atoms with Crippen molar-refractivity contribution < 1.29 is 38.8 Å². The van der Waals surface area contributed by atoms with E-state index in [0.717, 1.165) is 22.5 Å². The van der Waals surface area contributed by atoms with Gasteiger partial charge < -0.3 is 31.8 Å². The molecule has 18 heteroatoms. The minimum Gasteiger partial charge on any atom is -0.481 e. The molecule has 7 N–H and O–H groups in total. The standard InChI is InChI=1S/C29H30N8O7S3/c1-14(8-19(38)39)44-35-20(18-13-46-28(31)32-18)24(40)33-21-25(41)37-22(27(42)43)17(11-45-26(21)37)12-47-29-34-23(30)16(10-36(29)2)9-15-6-4-3-5-7-15/h3-7,10,13-14,21,26,30H,8-9,11-12H2,1-2H3,(H5,31,32,33,38,39,40,42,43)/p+1/b35-20-/t14?,21?,26-/m1/s1. The first-order valence-corrected chi connectivity index (χ1v) is 17.0. The van der Waals surface area contributed by atoms with Crippen LogP contribution in [0.15, 0.2) is 63.5 Å². The summed E-state index contributed by atoms with van der Waals surface area (Å²) < 4.78 is 1.83. The van der Waals surface area contributed by atoms with Crippen molar-refractivity contribution >= 4 is 75.3 Å². The monoisotopic (exact) mass is 699 g/mol. The topological polar surface area (TPSA) is 227 Å². The molecule has 0 spiro atoms. The fourth-order valence-electron chi connectivity index (χ4n) is 4.88. The quantitative estimate of drug-likeness (QED) is 0.0423. The third-order valence-electron chi connectivity index (χ3n) is 7.11. The summed E-state index contributed by atoms with van der Waals surface area (Å²) in [5, 5.41) is 27.1. The molecule has 1 aromatic carbocycles. The number of thioether (sulfide) groups is 2. The van der Waals surface area contributed by atoms with Crippen LogP contribution in [0.3, 0.4) is 0 Å². The van der Waals surface area contributed by atoms with Crippen LogP contribution < -0.4 is 21.4 Å². The zero-order chi connectivity index (χ0) is 33.8. The second kappa shape index (κ2) is 14.4. The Labute approximate surface area is 281 Å². The van der Waals surface area contributed by atoms with Gasteiger partial charge in [0.1, 0.15) is 35.1 Å². The number of nitrogens with two attached hydrogens (primary N) is 2. The van der Waals surface area contributed by atoms with Crippen LogP contribution in [0.4, 0.5) is 10.9 Å². The molecule has 3 aromatic rings. The zero-order valence-corrected chi connectivity index (χ0v) is 27.6. The van der Waals surface area contributed by atoms with E-state index >= 15 is 0 Å². The van der Waals surface area contributed by atoms with E-state index in [1.807, 2.05) is 48.1 Å². The number of aliphatic carboxylic acids is 2. The number of hydrogen-bond acceptors (Lipinski definition) is 13. The van der Waals surface area contributed by atoms with Crippen molar-refractivity contribution in [2.24, 2.45) is 12.2 Å². The van der Waals surface area contributed by atoms with E-state index in [4.69, 9.17) is 21.4 Å². The molecule has 0 radical (unpaired) electrons. The molecule has 246 valence electrons. The van der Waals surface area contributed by atoms with E-state index < -0.39 is 41.3 Å². The Morgan fingerprint density at radius 2 is 1.98 bits per heavy atom. The van der Waals surface area contributed by atoms with Gasteiger partial charge >= 0.3 is 17.1 Å². The largest absolute Gasteiger partial charge is 0.481 e. The van der Waals surface area contributed by atoms with E-state index in [0.29, 0.717) is 28.7 Å². The number of thiazole rings is 1. The molecule has 2 aromatic heterocycles. The van der Waals surface area contributed by atoms with Gasteiger partial charge in [0, 0.05) is 23.3 Å². The Kier molecular flexibility index (Phi) is 10.3. The first-order valence-electron chi connectivity index (χ1n) is 14.1. The molecular weight excluding hydrogens is 669 g/mol. The van der Waals surface area contributed by atoms with E-state index in [2.05, 4.69) is 20.4 Å². The van der Waals surface area contributed by atoms with Gasteiger partial charge in [-0.05, 0) is 34.8 Å². The number of fused-ring (bicyclic) bond motifs is 1. The molecule has 2 amide bonds. The lowest BCUT2D eigenvalue weighted by atomic mass is 10.0. The average Bonchev–Trinajstić information content (AvgIpc) is 3.45. The van der Waals surface area contributed by atoms with Crippen LogP contribution in [-0.2, 0) is 37.5 Å². The SMILES string of the molecule is CC(CC(=O)O)O/N=C(\C(=O)NC1C(=O)N2C(C(=O)O)=C(CSc3nc(N)c(Cc4ccccc4)c[n+]3C)CS[C@H]12)c1csc(N)n1. The maximum Gasteiger partial charge on any atom is 0.361 e. The number of carboxylic acids is 2. The predicted molar refractivity (Wildman–Crippen MR) is 175 cm³/mol. The molecule has 47 heavy (non-hydrogen) atoms. The number of oxime groups is 1. The number of hydrogen-bond donors (Lipinski definition) is 5. The Hall–Kier alpha value is -4.68. The molecule has 2 aliphatic rings. The highest BCUT2D eigenvalue weighted by molar-refractivity contribution is 8.01. The Morgan fingerprint density at radius 3 is 2.64 bits per heavy atom. The number of β-lactam (4-membered cyclic amide) rings is 1. The fourth-order valence-corrected chi connectivity index (χ4v) is 7.86. The van der Waals surface area contributed by atoms with Crippen molar-refractivity contribution in [1.82, 2.24) is 20.2 Å². The van der Waals surface area contributed by atoms with Crippen molar-refractivity contribution in [3.63, 3.8) is 0 Å². The van der Waals surface area contributed by atoms with Crippen LogP contribution in [-0.4, -0.2) is 83.6 Å². The smallest absolute Gasteiger partial charge is 0.361 e. The molecule has 3 atom stereocenters. The van der Waals surface area contributed by atoms with Gasteiger partial charge in [-0.25, -0.2) is 14.3 Å². The van der Waals surface area contributed by atoms with E-state index in [1.165, 1.54) is 40.7 Å². The molecular formula is C29H31N8O7S3+. The molecule has 2 aliphatic heterocycles. The van der Waals surface area contributed by atoms with Crippen LogP contribution in [0.5, 0.6) is 0 Å². The fraction of sp³-hybridized carbons (Fsp3) is 0.310. The highest BCUT2D eigenvalue weighted by atomic mass is 32.2. The van der Waals surface area contributed by atoms with E-state index in [1.54, 1.807) is 0 Å². The number of carbonyl (C=O) groups is 4. The lowest BCUT2D eigenvalue weighted by Crippen LogP contribution is -2.71. The number of nitrogens with one attached hydrogen (secondary N) is 1. The number of aryl methyl sites for hydroxylation is 1. The summed E-state index contributed by atoms with van der Waals surface area (Å²) in [5.74, 6) is -2.88. The molecule has 15 nitrogen and oxygen atoms in total. The molecule has 1 saturated heterocycles. The minimum absolute atomic E-state index is 0.0772. The van der Waals surface area contributed by atoms with Crippen molar-refractivity contribution in [2.45, 2.75) is 42.4 Å². The normalized spacial score (nSPS) is 18.3. The van der Waals surface area contributed by atoms with Gasteiger partial charge in [0.05, 0.1) is 19.0 Å². The van der Waals surface area contributed by atoms with Crippen molar-refractivity contribution in [1.29, 1.82) is 0 Å². The van der Waals surface area contributed by atoms with Gasteiger partial charge in [-0.15, -0.1) is 23.1 Å². The molecule has 0 aliphatic carbocycles. The van der Waals surface area contributed by atoms with Gasteiger partial charge in [0.25, 0.3) is 11.8 Å². The summed E-state index contributed by atoms with van der Waals surface area (Å²) in [6.45, 7) is 1.47. The van der Waals surface area contributed by atoms with E-state index in [-0.39, 0.29) is 34.4 Å². The number of nitrogens with zero attached hydrogens (tertiary/aromatic N) is 5. The number of amides is 2. The molecule has 5 rings (SSSR count). The van der Waals surface area contributed by atoms with Crippen molar-refractivity contribution in [3.8, 4) is 0 Å². The number of aromatic nitrogens is 3. The van der Waals surface area contributed by atoms with Gasteiger partial charge in [0.2, 0.25) is 5.82 Å². The van der Waals surface area contributed by atoms with Crippen LogP contribution in [0.25, 0.3) is 0 Å². The highest BCUT2D eigenvalue weighted by Crippen LogP contribution is 2.41. The number of benzene rings is 1. The summed E-state index contributed by atoms with van der Waals surface area (Å²) in [6, 6.07) is 8.81. The summed E-state index contributed by atoms with van der Waals surface area (Å²) in [4.78, 5) is 65.0. The zero-order valence-electron chi connectivity index (χ0n) is 25.2. The average molecular weight is 700 g/mol. The van der Waals surface area contributed by atoms with Gasteiger partial charge in [0.15, 0.2) is 10.8 Å². The Morgan fingerprint density at radius 1 is 1.23 bits per heavy atom. The molecule has 1 fully saturated rings. The van der Waals surface area contributed by atoms with Crippen molar-refractivity contribution in [3.05, 3.63) is 70.0 Å². The van der Waals surface area contributed by atoms with Crippen LogP contribution >= 0.6 is 34.9 Å². The second-order valence-corrected chi connectivity index (χ2v) is 13.6. The number of rotatable bonds is 13. The highest BCUT2D eigenvalue weighted by Gasteiger charge is 2.54. The van der Waals surface area contributed by atoms with Crippen LogP contribution in [0.2, 0.25) is 0 Å². The van der Waals surface area contributed by atoms with Gasteiger partial charge in [-0.3, -0.25) is 19.3 Å². The number of carboxylic acid groups (broad SMARTS) is 2. The second-order valence-electron chi connectivity index (χ2n) is 10.6. The predicted octanol–water partition coefficient (Wildman–Crippen LogP) is 1.23. The third-order valence-corrected chi connectivity index (χ3v) is 10.3. The maximum atomic E-state index is 13.3. The third kappa shape index (κ3) is 7.66. The Bertz CT molecular complexity index is 1780. The molecule has 0 bridgehead atoms. The van der Waals surface area contributed by atoms with Crippen LogP contribution in [0.1, 0.15) is 30.2 Å². The summed E-state index contributed by atoms with van der Waals surface area (Å²) in [5.41, 5.74) is 14.1. The summed E-state index contributed by atoms with van der Waals surface area (Å²) in [7, 11) is 1.84. The first-order chi connectivity index (χ1) is 22.4. The first kappa shape index (κ1) is 33.7. The molecule has 2 unspecified atom stereocenters. The summed E-state index contributed by atoms with van der Waals surface area (Å²) >= 11 is 3.67. The lowest BCUT2D eigenvalue weighted by Gasteiger charge is -2.49. The summed E-state index contributed by atoms with van der Waals surface area (Å²) in [6.07, 6.45) is 1.29. The lowest BCUT2D eigenvalue weighted by molar-refractivity contribution is -0.713. The number of nitrogen functional groups attached to an aromatic ring is 2. The van der Waals surface area contributed by atoms with E-state index in [9.17, 15) is 24.3 Å². The van der Waals surface area contributed by atoms with Crippen molar-refractivity contribution in [2.75, 3.05) is 23.0 Å². The van der Waals surface area contributed by atoms with Crippen LogP contribution in [0, 0.1) is 0 Å². The number of carbonyl (C=O) groups excluding carboxylic acids is 2. The van der Waals surface area contributed by atoms with Gasteiger partial charge in [-0.1, -0.05) is 35.5 Å². The molecule has 0 saturated carbocycles. The Balaban J connectivity index is 1.28. The minimum atomic E-state index is -1.26. The number of anilines is 2. The maximum absolute atomic E-state index is 13.3.